The second kappa shape index (κ2) is 13.5. The Hall–Kier alpha value is -4.48. The lowest BCUT2D eigenvalue weighted by Gasteiger charge is -2.23. The molecule has 2 amide bonds. The predicted molar refractivity (Wildman–Crippen MR) is 168 cm³/mol. The number of aryl methyl sites for hydroxylation is 1. The number of carbonyl (C=O) groups is 2. The Morgan fingerprint density at radius 3 is 2.40 bits per heavy atom. The van der Waals surface area contributed by atoms with Crippen molar-refractivity contribution in [3.63, 3.8) is 0 Å². The largest absolute Gasteiger partial charge is 0.495 e. The number of ether oxygens (including phenoxy) is 1. The highest BCUT2D eigenvalue weighted by atomic mass is 16.5. The molecule has 0 bridgehead atoms. The number of nitrogens with zero attached hydrogens (tertiary/aromatic N) is 6. The van der Waals surface area contributed by atoms with Crippen molar-refractivity contribution >= 4 is 40.0 Å². The van der Waals surface area contributed by atoms with Gasteiger partial charge in [-0.25, -0.2) is 9.97 Å². The first-order chi connectivity index (χ1) is 20.1. The second-order valence-corrected chi connectivity index (χ2v) is 10.8. The zero-order valence-corrected chi connectivity index (χ0v) is 25.4. The number of methoxy groups -OCH3 is 1. The number of hydrogen-bond acceptors (Lipinski definition) is 8. The molecule has 2 N–H and O–H groups in total. The Morgan fingerprint density at radius 1 is 0.952 bits per heavy atom. The van der Waals surface area contributed by atoms with Crippen molar-refractivity contribution in [3.8, 4) is 17.0 Å². The highest BCUT2D eigenvalue weighted by Crippen LogP contribution is 2.35. The standard InChI is InChI=1S/C31H40N8O3/c1-36(2)15-13-29(40)33-25-19-26(28(42-7)18-22(25)30(41)38(5)17-16-37(3)4)35-31-32-14-12-24(34-31)23-20-39(6)27-11-9-8-10-21(23)27/h8-12,14,18-20H,13,15-17H2,1-7H3,(H,33,40)(H,32,34,35). The molecular weight excluding hydrogens is 532 g/mol. The average Bonchev–Trinajstić information content (AvgIpc) is 3.31. The van der Waals surface area contributed by atoms with Crippen LogP contribution in [0.15, 0.2) is 54.9 Å². The minimum atomic E-state index is -0.223. The molecule has 0 radical (unpaired) electrons. The predicted octanol–water partition coefficient (Wildman–Crippen LogP) is 3.91. The first kappa shape index (κ1) is 30.5. The molecular formula is C31H40N8O3. The monoisotopic (exact) mass is 572 g/mol. The van der Waals surface area contributed by atoms with Crippen LogP contribution in [0.3, 0.4) is 0 Å². The Bertz CT molecular complexity index is 1560. The highest BCUT2D eigenvalue weighted by Gasteiger charge is 2.22. The summed E-state index contributed by atoms with van der Waals surface area (Å²) in [6, 6.07) is 13.4. The second-order valence-electron chi connectivity index (χ2n) is 10.8. The number of carbonyl (C=O) groups excluding carboxylic acids is 2. The van der Waals surface area contributed by atoms with Gasteiger partial charge in [-0.15, -0.1) is 0 Å². The number of rotatable bonds is 12. The summed E-state index contributed by atoms with van der Waals surface area (Å²) in [5.41, 5.74) is 4.09. The highest BCUT2D eigenvalue weighted by molar-refractivity contribution is 6.05. The molecule has 222 valence electrons. The van der Waals surface area contributed by atoms with E-state index in [1.54, 1.807) is 30.3 Å². The molecule has 0 atom stereocenters. The van der Waals surface area contributed by atoms with E-state index in [4.69, 9.17) is 9.72 Å². The van der Waals surface area contributed by atoms with Crippen LogP contribution >= 0.6 is 0 Å². The Labute approximate surface area is 247 Å². The maximum Gasteiger partial charge on any atom is 0.255 e. The Morgan fingerprint density at radius 2 is 1.69 bits per heavy atom. The van der Waals surface area contributed by atoms with Crippen LogP contribution in [0, 0.1) is 0 Å². The molecule has 2 heterocycles. The van der Waals surface area contributed by atoms with Gasteiger partial charge in [0, 0.05) is 69.0 Å². The van der Waals surface area contributed by atoms with E-state index in [0.717, 1.165) is 22.2 Å². The molecule has 4 rings (SSSR count). The first-order valence-corrected chi connectivity index (χ1v) is 13.8. The molecule has 42 heavy (non-hydrogen) atoms. The smallest absolute Gasteiger partial charge is 0.255 e. The maximum atomic E-state index is 13.5. The summed E-state index contributed by atoms with van der Waals surface area (Å²) in [7, 11) is 13.0. The maximum absolute atomic E-state index is 13.5. The molecule has 2 aromatic carbocycles. The third kappa shape index (κ3) is 7.23. The number of nitrogens with one attached hydrogen (secondary N) is 2. The van der Waals surface area contributed by atoms with Gasteiger partial charge in [-0.05, 0) is 52.5 Å². The number of benzene rings is 2. The van der Waals surface area contributed by atoms with Crippen LogP contribution in [-0.2, 0) is 11.8 Å². The van der Waals surface area contributed by atoms with Crippen molar-refractivity contribution in [2.75, 3.05) is 72.6 Å². The van der Waals surface area contributed by atoms with E-state index in [2.05, 4.69) is 32.3 Å². The topological polar surface area (TPSA) is 108 Å². The van der Waals surface area contributed by atoms with Gasteiger partial charge in [0.2, 0.25) is 11.9 Å². The zero-order valence-electron chi connectivity index (χ0n) is 25.4. The molecule has 0 aliphatic heterocycles. The van der Waals surface area contributed by atoms with Gasteiger partial charge in [0.1, 0.15) is 5.75 Å². The number of anilines is 3. The van der Waals surface area contributed by atoms with Crippen LogP contribution in [0.4, 0.5) is 17.3 Å². The van der Waals surface area contributed by atoms with Crippen LogP contribution in [-0.4, -0.2) is 103 Å². The van der Waals surface area contributed by atoms with Gasteiger partial charge in [-0.1, -0.05) is 18.2 Å². The van der Waals surface area contributed by atoms with Gasteiger partial charge in [0.25, 0.3) is 5.91 Å². The number of fused-ring (bicyclic) bond motifs is 1. The van der Waals surface area contributed by atoms with Crippen LogP contribution in [0.25, 0.3) is 22.2 Å². The lowest BCUT2D eigenvalue weighted by molar-refractivity contribution is -0.116. The lowest BCUT2D eigenvalue weighted by atomic mass is 10.1. The van der Waals surface area contributed by atoms with E-state index in [9.17, 15) is 9.59 Å². The third-order valence-corrected chi connectivity index (χ3v) is 6.93. The van der Waals surface area contributed by atoms with Crippen molar-refractivity contribution in [3.05, 3.63) is 60.4 Å². The molecule has 0 aliphatic rings. The van der Waals surface area contributed by atoms with Crippen molar-refractivity contribution in [2.24, 2.45) is 7.05 Å². The minimum Gasteiger partial charge on any atom is -0.495 e. The molecule has 11 heteroatoms. The summed E-state index contributed by atoms with van der Waals surface area (Å²) in [6.45, 7) is 1.80. The molecule has 4 aromatic rings. The molecule has 0 saturated carbocycles. The number of aromatic nitrogens is 3. The van der Waals surface area contributed by atoms with Crippen LogP contribution < -0.4 is 15.4 Å². The molecule has 0 spiro atoms. The van der Waals surface area contributed by atoms with Gasteiger partial charge >= 0.3 is 0 Å². The summed E-state index contributed by atoms with van der Waals surface area (Å²) in [6.07, 6.45) is 4.02. The lowest BCUT2D eigenvalue weighted by Crippen LogP contribution is -2.34. The average molecular weight is 573 g/mol. The van der Waals surface area contributed by atoms with Gasteiger partial charge in [0.15, 0.2) is 0 Å². The van der Waals surface area contributed by atoms with Gasteiger partial charge in [0.05, 0.1) is 29.7 Å². The molecule has 0 aliphatic carbocycles. The number of para-hydroxylation sites is 1. The summed E-state index contributed by atoms with van der Waals surface area (Å²) in [5.74, 6) is 0.355. The summed E-state index contributed by atoms with van der Waals surface area (Å²) < 4.78 is 7.75. The van der Waals surface area contributed by atoms with Crippen molar-refractivity contribution < 1.29 is 14.3 Å². The summed E-state index contributed by atoms with van der Waals surface area (Å²) in [5, 5.41) is 7.27. The van der Waals surface area contributed by atoms with Crippen molar-refractivity contribution in [2.45, 2.75) is 6.42 Å². The SMILES string of the molecule is COc1cc(C(=O)N(C)CCN(C)C)c(NC(=O)CCN(C)C)cc1Nc1nccc(-c2cn(C)c3ccccc23)n1. The molecule has 11 nitrogen and oxygen atoms in total. The van der Waals surface area contributed by atoms with Crippen molar-refractivity contribution in [1.82, 2.24) is 29.2 Å². The van der Waals surface area contributed by atoms with Crippen LogP contribution in [0.1, 0.15) is 16.8 Å². The molecule has 0 saturated heterocycles. The van der Waals surface area contributed by atoms with Gasteiger partial charge in [-0.3, -0.25) is 9.59 Å². The van der Waals surface area contributed by atoms with E-state index >= 15 is 0 Å². The molecule has 2 aromatic heterocycles. The van der Waals surface area contributed by atoms with Gasteiger partial charge < -0.3 is 34.6 Å². The fraction of sp³-hybridized carbons (Fsp3) is 0.355. The summed E-state index contributed by atoms with van der Waals surface area (Å²) >= 11 is 0. The van der Waals surface area contributed by atoms with Crippen LogP contribution in [0.2, 0.25) is 0 Å². The normalized spacial score (nSPS) is 11.3. The van der Waals surface area contributed by atoms with E-state index < -0.39 is 0 Å². The Balaban J connectivity index is 1.69. The van der Waals surface area contributed by atoms with E-state index in [0.29, 0.717) is 48.3 Å². The molecule has 0 unspecified atom stereocenters. The number of hydrogen-bond donors (Lipinski definition) is 2. The van der Waals surface area contributed by atoms with E-state index in [1.165, 1.54) is 7.11 Å². The fourth-order valence-corrected chi connectivity index (χ4v) is 4.56. The first-order valence-electron chi connectivity index (χ1n) is 13.8. The summed E-state index contributed by atoms with van der Waals surface area (Å²) in [4.78, 5) is 41.2. The Kier molecular flexibility index (Phi) is 9.76. The van der Waals surface area contributed by atoms with Crippen LogP contribution in [0.5, 0.6) is 5.75 Å². The third-order valence-electron chi connectivity index (χ3n) is 6.93. The van der Waals surface area contributed by atoms with Crippen molar-refractivity contribution in [1.29, 1.82) is 0 Å². The van der Waals surface area contributed by atoms with E-state index in [1.807, 2.05) is 69.4 Å². The minimum absolute atomic E-state index is 0.195. The number of likely N-dealkylation sites (N-methyl/N-ethyl adjacent to an activating group) is 2. The number of amides is 2. The van der Waals surface area contributed by atoms with Gasteiger partial charge in [-0.2, -0.15) is 0 Å². The zero-order chi connectivity index (χ0) is 30.4. The van der Waals surface area contributed by atoms with E-state index in [-0.39, 0.29) is 18.2 Å². The fourth-order valence-electron chi connectivity index (χ4n) is 4.56. The molecule has 0 fully saturated rings. The quantitative estimate of drug-likeness (QED) is 0.263.